The third kappa shape index (κ3) is 7.47. The second-order valence-electron chi connectivity index (χ2n) is 11.9. The number of halogens is 1. The lowest BCUT2D eigenvalue weighted by Crippen LogP contribution is -2.54. The number of hydrogen-bond donors (Lipinski definition) is 4. The summed E-state index contributed by atoms with van der Waals surface area (Å²) in [5, 5.41) is 19.5. The third-order valence-electron chi connectivity index (χ3n) is 8.71. The number of aryl methyl sites for hydroxylation is 1. The zero-order valence-electron chi connectivity index (χ0n) is 24.2. The van der Waals surface area contributed by atoms with Crippen molar-refractivity contribution < 1.29 is 19.1 Å². The molecule has 7 nitrogen and oxygen atoms in total. The van der Waals surface area contributed by atoms with Crippen molar-refractivity contribution in [2.75, 3.05) is 20.1 Å². The summed E-state index contributed by atoms with van der Waals surface area (Å²) in [5.74, 6) is 0.0907. The van der Waals surface area contributed by atoms with Gasteiger partial charge in [-0.25, -0.2) is 4.39 Å². The van der Waals surface area contributed by atoms with Crippen LogP contribution in [0.5, 0.6) is 5.75 Å². The maximum Gasteiger partial charge on any atom is 0.243 e. The molecule has 1 aliphatic heterocycles. The topological polar surface area (TPSA) is 93.7 Å². The van der Waals surface area contributed by atoms with Crippen LogP contribution in [-0.4, -0.2) is 60.1 Å². The zero-order chi connectivity index (χ0) is 28.9. The number of carbonyl (C=O) groups is 2. The van der Waals surface area contributed by atoms with E-state index in [1.54, 1.807) is 30.3 Å². The Balaban J connectivity index is 1.41. The summed E-state index contributed by atoms with van der Waals surface area (Å²) in [5.41, 5.74) is 5.20. The van der Waals surface area contributed by atoms with Crippen LogP contribution in [-0.2, 0) is 28.9 Å². The summed E-state index contributed by atoms with van der Waals surface area (Å²) < 4.78 is 14.9. The number of amides is 2. The molecule has 0 spiro atoms. The van der Waals surface area contributed by atoms with Crippen LogP contribution in [0.4, 0.5) is 4.39 Å². The van der Waals surface area contributed by atoms with Crippen molar-refractivity contribution in [3.05, 3.63) is 76.2 Å². The number of phenols is 1. The van der Waals surface area contributed by atoms with E-state index < -0.39 is 12.1 Å². The highest BCUT2D eigenvalue weighted by Gasteiger charge is 2.39. The van der Waals surface area contributed by atoms with E-state index in [0.29, 0.717) is 38.1 Å². The van der Waals surface area contributed by atoms with Crippen molar-refractivity contribution in [2.45, 2.75) is 82.8 Å². The molecular formula is C33H43FN4O3. The average Bonchev–Trinajstić information content (AvgIpc) is 3.88. The molecule has 41 heavy (non-hydrogen) atoms. The lowest BCUT2D eigenvalue weighted by molar-refractivity contribution is -0.131. The number of fused-ring (bicyclic) bond motifs is 1. The average molecular weight is 563 g/mol. The van der Waals surface area contributed by atoms with Crippen LogP contribution in [0, 0.1) is 11.7 Å². The Morgan fingerprint density at radius 2 is 1.68 bits per heavy atom. The van der Waals surface area contributed by atoms with Crippen LogP contribution in [0.2, 0.25) is 0 Å². The van der Waals surface area contributed by atoms with Gasteiger partial charge in [0.1, 0.15) is 23.7 Å². The van der Waals surface area contributed by atoms with Crippen LogP contribution in [0.3, 0.4) is 0 Å². The molecule has 0 bridgehead atoms. The molecule has 220 valence electrons. The number of phenolic OH excluding ortho intramolecular Hbond substituents is 1. The summed E-state index contributed by atoms with van der Waals surface area (Å²) in [6.07, 6.45) is 7.54. The Labute approximate surface area is 242 Å². The number of likely N-dealkylation sites (N-methyl/N-ethyl adjacent to an activating group) is 1. The van der Waals surface area contributed by atoms with Gasteiger partial charge in [-0.05, 0) is 111 Å². The Morgan fingerprint density at radius 1 is 0.951 bits per heavy atom. The van der Waals surface area contributed by atoms with E-state index in [4.69, 9.17) is 0 Å². The van der Waals surface area contributed by atoms with Gasteiger partial charge in [0.05, 0.1) is 0 Å². The molecule has 3 aliphatic rings. The Morgan fingerprint density at radius 3 is 2.39 bits per heavy atom. The monoisotopic (exact) mass is 562 g/mol. The molecule has 2 aromatic carbocycles. The fourth-order valence-electron chi connectivity index (χ4n) is 5.93. The Kier molecular flexibility index (Phi) is 9.28. The number of allylic oxidation sites excluding steroid dienone is 1. The van der Waals surface area contributed by atoms with Gasteiger partial charge in [0.15, 0.2) is 0 Å². The fourth-order valence-corrected chi connectivity index (χ4v) is 5.93. The van der Waals surface area contributed by atoms with Crippen molar-refractivity contribution in [3.63, 3.8) is 0 Å². The van der Waals surface area contributed by atoms with E-state index in [1.165, 1.54) is 17.3 Å². The highest BCUT2D eigenvalue weighted by atomic mass is 19.1. The van der Waals surface area contributed by atoms with Gasteiger partial charge in [0.25, 0.3) is 0 Å². The summed E-state index contributed by atoms with van der Waals surface area (Å²) in [7, 11) is 1.99. The summed E-state index contributed by atoms with van der Waals surface area (Å²) >= 11 is 0. The first-order valence-electron chi connectivity index (χ1n) is 15.1. The van der Waals surface area contributed by atoms with Gasteiger partial charge >= 0.3 is 0 Å². The third-order valence-corrected chi connectivity index (χ3v) is 8.71. The first kappa shape index (κ1) is 29.1. The highest BCUT2D eigenvalue weighted by Crippen LogP contribution is 2.42. The molecule has 1 heterocycles. The summed E-state index contributed by atoms with van der Waals surface area (Å²) in [6.45, 7) is 3.10. The van der Waals surface area contributed by atoms with Gasteiger partial charge in [-0.15, -0.1) is 0 Å². The van der Waals surface area contributed by atoms with Gasteiger partial charge in [0, 0.05) is 31.8 Å². The fraction of sp³-hybridized carbons (Fsp3) is 0.515. The number of nitrogens with one attached hydrogen (secondary N) is 3. The lowest BCUT2D eigenvalue weighted by atomic mass is 9.98. The van der Waals surface area contributed by atoms with Gasteiger partial charge in [-0.2, -0.15) is 0 Å². The quantitative estimate of drug-likeness (QED) is 0.454. The maximum absolute atomic E-state index is 14.9. The number of nitrogens with zero attached hydrogens (tertiary/aromatic N) is 1. The SMILES string of the molecule is C[C@@H]1C(=O)N[C@H](Cc2ccc(O)cc2)C(=O)NCCCc2cccc(F)c2CCCN[C@@H](C2CC2)C(=C2CC2)N1C. The first-order chi connectivity index (χ1) is 19.8. The number of carbonyl (C=O) groups excluding carboxylic acids is 2. The molecule has 2 amide bonds. The second-order valence-corrected chi connectivity index (χ2v) is 11.9. The van der Waals surface area contributed by atoms with Gasteiger partial charge in [0.2, 0.25) is 11.8 Å². The van der Waals surface area contributed by atoms with Crippen LogP contribution >= 0.6 is 0 Å². The molecule has 4 N–H and O–H groups in total. The molecular weight excluding hydrogens is 519 g/mol. The molecule has 5 rings (SSSR count). The minimum absolute atomic E-state index is 0.151. The minimum Gasteiger partial charge on any atom is -0.508 e. The second kappa shape index (κ2) is 13.1. The molecule has 8 heteroatoms. The minimum atomic E-state index is -0.763. The van der Waals surface area contributed by atoms with E-state index in [1.807, 2.05) is 20.0 Å². The predicted octanol–water partition coefficient (Wildman–Crippen LogP) is 3.99. The Hall–Kier alpha value is -3.39. The maximum atomic E-state index is 14.9. The normalized spacial score (nSPS) is 25.0. The van der Waals surface area contributed by atoms with Crippen LogP contribution in [0.25, 0.3) is 0 Å². The Bertz CT molecular complexity index is 1270. The molecule has 2 saturated carbocycles. The largest absolute Gasteiger partial charge is 0.508 e. The number of rotatable bonds is 3. The van der Waals surface area contributed by atoms with Crippen LogP contribution in [0.15, 0.2) is 53.7 Å². The van der Waals surface area contributed by atoms with Crippen molar-refractivity contribution in [1.29, 1.82) is 0 Å². The van der Waals surface area contributed by atoms with E-state index in [-0.39, 0.29) is 29.4 Å². The first-order valence-corrected chi connectivity index (χ1v) is 15.1. The molecule has 0 aromatic heterocycles. The molecule has 0 radical (unpaired) electrons. The van der Waals surface area contributed by atoms with Gasteiger partial charge in [-0.1, -0.05) is 24.3 Å². The van der Waals surface area contributed by atoms with Crippen molar-refractivity contribution >= 4 is 11.8 Å². The highest BCUT2D eigenvalue weighted by molar-refractivity contribution is 5.90. The zero-order valence-corrected chi connectivity index (χ0v) is 24.2. The van der Waals surface area contributed by atoms with Gasteiger partial charge in [-0.3, -0.25) is 9.59 Å². The number of aromatic hydroxyl groups is 1. The molecule has 0 unspecified atom stereocenters. The molecule has 0 saturated heterocycles. The molecule has 3 atom stereocenters. The van der Waals surface area contributed by atoms with E-state index in [2.05, 4.69) is 20.9 Å². The smallest absolute Gasteiger partial charge is 0.243 e. The van der Waals surface area contributed by atoms with E-state index >= 15 is 0 Å². The van der Waals surface area contributed by atoms with Crippen molar-refractivity contribution in [3.8, 4) is 5.75 Å². The lowest BCUT2D eigenvalue weighted by Gasteiger charge is -2.35. The van der Waals surface area contributed by atoms with Crippen molar-refractivity contribution in [2.24, 2.45) is 5.92 Å². The van der Waals surface area contributed by atoms with E-state index in [0.717, 1.165) is 55.3 Å². The van der Waals surface area contributed by atoms with Crippen LogP contribution in [0.1, 0.15) is 62.1 Å². The standard InChI is InChI=1S/C33H43FN4O3/c1-21-32(40)37-29(20-22-10-16-26(39)17-11-22)33(41)36-19-4-7-23-6-3-9-28(34)27(23)8-5-18-35-30(24-12-13-24)31(38(21)2)25-14-15-25/h3,6,9-11,16-17,21,24,29-30,35,39H,4-5,7-8,12-15,18-20H2,1-2H3,(H,36,41)(H,37,40)/t21-,29-,30+/m1/s1. The van der Waals surface area contributed by atoms with Gasteiger partial charge < -0.3 is 26.0 Å². The molecule has 2 fully saturated rings. The molecule has 2 aromatic rings. The number of hydrogen-bond acceptors (Lipinski definition) is 5. The van der Waals surface area contributed by atoms with Crippen molar-refractivity contribution in [1.82, 2.24) is 20.9 Å². The summed E-state index contributed by atoms with van der Waals surface area (Å²) in [4.78, 5) is 29.1. The summed E-state index contributed by atoms with van der Waals surface area (Å²) in [6, 6.07) is 10.9. The van der Waals surface area contributed by atoms with Crippen LogP contribution < -0.4 is 16.0 Å². The number of benzene rings is 2. The molecule has 2 aliphatic carbocycles. The van der Waals surface area contributed by atoms with E-state index in [9.17, 15) is 19.1 Å². The predicted molar refractivity (Wildman–Crippen MR) is 158 cm³/mol.